The first-order chi connectivity index (χ1) is 18.4. The van der Waals surface area contributed by atoms with Gasteiger partial charge in [0.15, 0.2) is 0 Å². The summed E-state index contributed by atoms with van der Waals surface area (Å²) in [6.07, 6.45) is 0. The van der Waals surface area contributed by atoms with Gasteiger partial charge in [-0.1, -0.05) is 23.9 Å². The molecule has 4 aromatic carbocycles. The molecule has 1 aliphatic heterocycles. The minimum atomic E-state index is -0.540. The third-order valence-corrected chi connectivity index (χ3v) is 7.06. The van der Waals surface area contributed by atoms with Gasteiger partial charge in [-0.2, -0.15) is 0 Å². The van der Waals surface area contributed by atoms with Crippen LogP contribution in [0.25, 0.3) is 22.4 Å². The van der Waals surface area contributed by atoms with Crippen LogP contribution in [0.1, 0.15) is 20.7 Å². The molecular weight excluding hydrogens is 506 g/mol. The molecule has 0 fully saturated rings. The van der Waals surface area contributed by atoms with Crippen molar-refractivity contribution in [2.75, 3.05) is 4.90 Å². The molecule has 6 rings (SSSR count). The summed E-state index contributed by atoms with van der Waals surface area (Å²) < 4.78 is 5.38. The number of benzene rings is 4. The van der Waals surface area contributed by atoms with Gasteiger partial charge in [0.25, 0.3) is 17.5 Å². The molecule has 38 heavy (non-hydrogen) atoms. The number of hydrogen-bond acceptors (Lipinski definition) is 8. The van der Waals surface area contributed by atoms with E-state index in [0.717, 1.165) is 14.7 Å². The monoisotopic (exact) mass is 521 g/mol. The molecule has 10 heteroatoms. The van der Waals surface area contributed by atoms with Crippen LogP contribution in [0, 0.1) is 10.1 Å². The van der Waals surface area contributed by atoms with Gasteiger partial charge in [-0.15, -0.1) is 0 Å². The quantitative estimate of drug-likeness (QED) is 0.164. The summed E-state index contributed by atoms with van der Waals surface area (Å²) in [6, 6.07) is 24.5. The highest BCUT2D eigenvalue weighted by Crippen LogP contribution is 2.34. The van der Waals surface area contributed by atoms with Crippen LogP contribution in [0.4, 0.5) is 11.4 Å². The van der Waals surface area contributed by atoms with Gasteiger partial charge in [0.2, 0.25) is 5.89 Å². The molecule has 0 spiro atoms. The molecule has 0 saturated carbocycles. The third kappa shape index (κ3) is 4.02. The fourth-order valence-corrected chi connectivity index (χ4v) is 5.00. The molecule has 0 unspecified atom stereocenters. The van der Waals surface area contributed by atoms with Crippen LogP contribution in [0.15, 0.2) is 110 Å². The average Bonchev–Trinajstić information content (AvgIpc) is 3.18. The molecule has 184 valence electrons. The van der Waals surface area contributed by atoms with Gasteiger partial charge in [0.1, 0.15) is 0 Å². The van der Waals surface area contributed by atoms with Gasteiger partial charge in [-0.3, -0.25) is 19.7 Å². The lowest BCUT2D eigenvalue weighted by molar-refractivity contribution is -0.384. The van der Waals surface area contributed by atoms with E-state index >= 15 is 0 Å². The number of carbonyl (C=O) groups is 2. The van der Waals surface area contributed by atoms with Crippen molar-refractivity contribution in [2.24, 2.45) is 0 Å². The predicted molar refractivity (Wildman–Crippen MR) is 141 cm³/mol. The fraction of sp³-hybridized carbons (Fsp3) is 0. The molecule has 0 saturated heterocycles. The lowest BCUT2D eigenvalue weighted by Gasteiger charge is -2.14. The van der Waals surface area contributed by atoms with Crippen molar-refractivity contribution in [3.05, 3.63) is 123 Å². The Labute approximate surface area is 218 Å². The van der Waals surface area contributed by atoms with E-state index in [4.69, 9.17) is 4.42 Å². The topological polar surface area (TPSA) is 124 Å². The Bertz CT molecular complexity index is 1830. The zero-order valence-electron chi connectivity index (χ0n) is 19.4. The second kappa shape index (κ2) is 9.09. The number of anilines is 1. The largest absolute Gasteiger partial charge is 0.403 e. The summed E-state index contributed by atoms with van der Waals surface area (Å²) in [6.45, 7) is 0. The maximum absolute atomic E-state index is 13.3. The molecule has 0 bridgehead atoms. The molecule has 0 aliphatic carbocycles. The first-order valence-electron chi connectivity index (χ1n) is 11.3. The number of imide groups is 1. The van der Waals surface area contributed by atoms with Gasteiger partial charge in [-0.05, 0) is 66.7 Å². The second-order valence-electron chi connectivity index (χ2n) is 8.38. The van der Waals surface area contributed by atoms with E-state index in [-0.39, 0.29) is 22.7 Å². The first kappa shape index (κ1) is 23.3. The molecule has 0 atom stereocenters. The zero-order chi connectivity index (χ0) is 26.4. The molecule has 0 N–H and O–H groups in total. The van der Waals surface area contributed by atoms with E-state index in [9.17, 15) is 24.5 Å². The molecule has 1 aromatic heterocycles. The van der Waals surface area contributed by atoms with Crippen molar-refractivity contribution in [1.29, 1.82) is 0 Å². The van der Waals surface area contributed by atoms with Crippen molar-refractivity contribution < 1.29 is 18.9 Å². The zero-order valence-corrected chi connectivity index (χ0v) is 20.2. The normalized spacial score (nSPS) is 12.7. The Balaban J connectivity index is 1.26. The third-order valence-electron chi connectivity index (χ3n) is 6.05. The summed E-state index contributed by atoms with van der Waals surface area (Å²) in [5, 5.41) is 11.2. The highest BCUT2D eigenvalue weighted by Gasteiger charge is 2.37. The average molecular weight is 522 g/mol. The molecule has 2 heterocycles. The van der Waals surface area contributed by atoms with Crippen LogP contribution < -0.4 is 10.5 Å². The number of non-ortho nitro benzene ring substituents is 1. The Kier molecular flexibility index (Phi) is 5.58. The number of para-hydroxylation sites is 1. The SMILES string of the molecule is O=C1c2ccc(-c3nc4ccccc4c(=O)o3)cc2C(=O)N1c1ccc(Sc2ccc([N+](=O)[O-])cc2)cc1. The van der Waals surface area contributed by atoms with Gasteiger partial charge >= 0.3 is 5.63 Å². The number of aromatic nitrogens is 1. The summed E-state index contributed by atoms with van der Waals surface area (Å²) in [5.41, 5.74) is 1.18. The Hall–Kier alpha value is -5.09. The summed E-state index contributed by atoms with van der Waals surface area (Å²) in [4.78, 5) is 56.3. The van der Waals surface area contributed by atoms with E-state index in [1.807, 2.05) is 0 Å². The second-order valence-corrected chi connectivity index (χ2v) is 9.52. The van der Waals surface area contributed by atoms with Crippen LogP contribution >= 0.6 is 11.8 Å². The fourth-order valence-electron chi connectivity index (χ4n) is 4.19. The van der Waals surface area contributed by atoms with Gasteiger partial charge in [0.05, 0.1) is 32.6 Å². The number of fused-ring (bicyclic) bond motifs is 2. The number of amides is 2. The molecule has 5 aromatic rings. The Morgan fingerprint density at radius 3 is 2.16 bits per heavy atom. The van der Waals surface area contributed by atoms with Crippen LogP contribution in [0.2, 0.25) is 0 Å². The molecule has 1 aliphatic rings. The Morgan fingerprint density at radius 2 is 1.45 bits per heavy atom. The van der Waals surface area contributed by atoms with E-state index < -0.39 is 22.4 Å². The van der Waals surface area contributed by atoms with Crippen molar-refractivity contribution in [3.8, 4) is 11.5 Å². The molecule has 2 amide bonds. The van der Waals surface area contributed by atoms with Crippen molar-refractivity contribution in [2.45, 2.75) is 9.79 Å². The van der Waals surface area contributed by atoms with Crippen molar-refractivity contribution in [1.82, 2.24) is 4.98 Å². The van der Waals surface area contributed by atoms with E-state index in [1.165, 1.54) is 36.0 Å². The van der Waals surface area contributed by atoms with Crippen LogP contribution in [-0.4, -0.2) is 21.7 Å². The van der Waals surface area contributed by atoms with Gasteiger partial charge in [-0.25, -0.2) is 14.7 Å². The highest BCUT2D eigenvalue weighted by molar-refractivity contribution is 7.99. The minimum absolute atomic E-state index is 0.0111. The first-order valence-corrected chi connectivity index (χ1v) is 12.2. The highest BCUT2D eigenvalue weighted by atomic mass is 32.2. The van der Waals surface area contributed by atoms with Crippen LogP contribution in [0.5, 0.6) is 0 Å². The number of rotatable bonds is 5. The summed E-state index contributed by atoms with van der Waals surface area (Å²) in [5.74, 6) is -0.895. The number of nitro benzene ring substituents is 1. The molecule has 0 radical (unpaired) electrons. The van der Waals surface area contributed by atoms with E-state index in [0.29, 0.717) is 22.2 Å². The van der Waals surface area contributed by atoms with Crippen LogP contribution in [0.3, 0.4) is 0 Å². The van der Waals surface area contributed by atoms with Crippen molar-refractivity contribution in [3.63, 3.8) is 0 Å². The number of hydrogen-bond donors (Lipinski definition) is 0. The summed E-state index contributed by atoms with van der Waals surface area (Å²) >= 11 is 1.40. The van der Waals surface area contributed by atoms with E-state index in [2.05, 4.69) is 4.98 Å². The van der Waals surface area contributed by atoms with Gasteiger partial charge < -0.3 is 4.42 Å². The molecule has 9 nitrogen and oxygen atoms in total. The predicted octanol–water partition coefficient (Wildman–Crippen LogP) is 5.72. The van der Waals surface area contributed by atoms with Crippen molar-refractivity contribution >= 4 is 45.9 Å². The minimum Gasteiger partial charge on any atom is -0.403 e. The smallest absolute Gasteiger partial charge is 0.347 e. The van der Waals surface area contributed by atoms with Gasteiger partial charge in [0, 0.05) is 27.5 Å². The Morgan fingerprint density at radius 1 is 0.789 bits per heavy atom. The lowest BCUT2D eigenvalue weighted by Crippen LogP contribution is -2.29. The standard InChI is InChI=1S/C28H15N3O6S/c32-26-21-14-5-16(25-29-24-4-2-1-3-22(24)28(34)37-25)15-23(21)27(33)30(26)17-6-10-19(11-7-17)38-20-12-8-18(9-13-20)31(35)36/h1-15H. The lowest BCUT2D eigenvalue weighted by atomic mass is 10.1. The molecular formula is C28H15N3O6S. The number of nitrogens with zero attached hydrogens (tertiary/aromatic N) is 3. The van der Waals surface area contributed by atoms with E-state index in [1.54, 1.807) is 66.7 Å². The maximum atomic E-state index is 13.3. The summed E-state index contributed by atoms with van der Waals surface area (Å²) in [7, 11) is 0. The maximum Gasteiger partial charge on any atom is 0.347 e. The number of nitro groups is 1. The number of carbonyl (C=O) groups excluding carboxylic acids is 2. The van der Waals surface area contributed by atoms with Crippen LogP contribution in [-0.2, 0) is 0 Å².